The zero-order valence-electron chi connectivity index (χ0n) is 10.1. The van der Waals surface area contributed by atoms with Crippen molar-refractivity contribution in [2.45, 2.75) is 11.3 Å². The molecule has 0 radical (unpaired) electrons. The molecular formula is C11H15N5O2S. The lowest BCUT2D eigenvalue weighted by Gasteiger charge is -2.11. The number of imidazole rings is 1. The quantitative estimate of drug-likeness (QED) is 0.586. The van der Waals surface area contributed by atoms with Crippen LogP contribution in [-0.4, -0.2) is 24.9 Å². The van der Waals surface area contributed by atoms with Crippen molar-refractivity contribution in [3.05, 3.63) is 36.4 Å². The molecule has 1 heterocycles. The van der Waals surface area contributed by atoms with E-state index in [1.54, 1.807) is 24.7 Å². The highest BCUT2D eigenvalue weighted by molar-refractivity contribution is 7.89. The minimum absolute atomic E-state index is 0.00268. The molecule has 2 aromatic rings. The van der Waals surface area contributed by atoms with Gasteiger partial charge in [0.2, 0.25) is 10.0 Å². The van der Waals surface area contributed by atoms with E-state index in [9.17, 15) is 8.42 Å². The van der Waals surface area contributed by atoms with E-state index in [2.05, 4.69) is 15.3 Å². The van der Waals surface area contributed by atoms with Gasteiger partial charge in [0.05, 0.1) is 12.0 Å². The fourth-order valence-corrected chi connectivity index (χ4v) is 2.42. The summed E-state index contributed by atoms with van der Waals surface area (Å²) in [5.41, 5.74) is 7.32. The first-order chi connectivity index (χ1) is 8.97. The maximum Gasteiger partial charge on any atom is 0.240 e. The maximum absolute atomic E-state index is 11.5. The molecule has 8 heteroatoms. The Balaban J connectivity index is 2.12. The second kappa shape index (κ2) is 5.29. The molecule has 1 aromatic heterocycles. The Morgan fingerprint density at radius 1 is 1.37 bits per heavy atom. The molecule has 19 heavy (non-hydrogen) atoms. The first-order valence-corrected chi connectivity index (χ1v) is 7.15. The standard InChI is InChI=1S/C11H15N5O2S/c12-8-1-2-10(11(5-8)19(13,17)18)15-4-3-9-6-14-7-16-9/h1-2,5-7,15H,3-4,12H2,(H,14,16)(H2,13,17,18). The van der Waals surface area contributed by atoms with E-state index in [0.717, 1.165) is 5.69 Å². The number of sulfonamides is 1. The molecule has 2 rings (SSSR count). The lowest BCUT2D eigenvalue weighted by Crippen LogP contribution is -2.16. The van der Waals surface area contributed by atoms with Crippen molar-refractivity contribution in [1.29, 1.82) is 0 Å². The number of primary sulfonamides is 1. The molecule has 0 aliphatic rings. The SMILES string of the molecule is Nc1ccc(NCCc2cnc[nH]2)c(S(N)(=O)=O)c1. The molecule has 0 aliphatic heterocycles. The highest BCUT2D eigenvalue weighted by Gasteiger charge is 2.14. The third-order valence-corrected chi connectivity index (χ3v) is 3.53. The molecule has 0 saturated heterocycles. The minimum Gasteiger partial charge on any atom is -0.399 e. The van der Waals surface area contributed by atoms with Gasteiger partial charge in [0, 0.05) is 30.5 Å². The Morgan fingerprint density at radius 3 is 2.79 bits per heavy atom. The predicted octanol–water partition coefficient (Wildman–Crippen LogP) is 0.294. The van der Waals surface area contributed by atoms with E-state index in [4.69, 9.17) is 10.9 Å². The fourth-order valence-electron chi connectivity index (χ4n) is 1.67. The third kappa shape index (κ3) is 3.46. The number of aromatic nitrogens is 2. The van der Waals surface area contributed by atoms with Crippen molar-refractivity contribution >= 4 is 21.4 Å². The molecule has 1 aromatic carbocycles. The molecule has 0 bridgehead atoms. The first-order valence-electron chi connectivity index (χ1n) is 5.60. The van der Waals surface area contributed by atoms with Crippen LogP contribution in [-0.2, 0) is 16.4 Å². The number of nitrogen functional groups attached to an aromatic ring is 1. The number of nitrogens with two attached hydrogens (primary N) is 2. The molecule has 102 valence electrons. The first kappa shape index (κ1) is 13.4. The largest absolute Gasteiger partial charge is 0.399 e. The summed E-state index contributed by atoms with van der Waals surface area (Å²) < 4.78 is 22.9. The van der Waals surface area contributed by atoms with E-state index in [1.807, 2.05) is 0 Å². The highest BCUT2D eigenvalue weighted by atomic mass is 32.2. The van der Waals surface area contributed by atoms with Crippen LogP contribution in [0, 0.1) is 0 Å². The van der Waals surface area contributed by atoms with Gasteiger partial charge >= 0.3 is 0 Å². The zero-order chi connectivity index (χ0) is 13.9. The predicted molar refractivity (Wildman–Crippen MR) is 73.0 cm³/mol. The molecule has 0 unspecified atom stereocenters. The average molecular weight is 281 g/mol. The van der Waals surface area contributed by atoms with E-state index in [0.29, 0.717) is 24.3 Å². The smallest absolute Gasteiger partial charge is 0.240 e. The highest BCUT2D eigenvalue weighted by Crippen LogP contribution is 2.22. The molecule has 7 nitrogen and oxygen atoms in total. The molecule has 0 fully saturated rings. The Kier molecular flexibility index (Phi) is 3.72. The topological polar surface area (TPSA) is 127 Å². The lowest BCUT2D eigenvalue weighted by molar-refractivity contribution is 0.598. The van der Waals surface area contributed by atoms with Crippen LogP contribution in [0.1, 0.15) is 5.69 Å². The summed E-state index contributed by atoms with van der Waals surface area (Å²) >= 11 is 0. The normalized spacial score (nSPS) is 11.4. The van der Waals surface area contributed by atoms with Crippen LogP contribution in [0.5, 0.6) is 0 Å². The summed E-state index contributed by atoms with van der Waals surface area (Å²) in [7, 11) is -3.80. The lowest BCUT2D eigenvalue weighted by atomic mass is 10.2. The average Bonchev–Trinajstić information content (AvgIpc) is 2.83. The van der Waals surface area contributed by atoms with E-state index in [-0.39, 0.29) is 4.90 Å². The van der Waals surface area contributed by atoms with Crippen LogP contribution in [0.2, 0.25) is 0 Å². The molecular weight excluding hydrogens is 266 g/mol. The Bertz CT molecular complexity index is 652. The second-order valence-corrected chi connectivity index (χ2v) is 5.58. The van der Waals surface area contributed by atoms with Gasteiger partial charge in [0.15, 0.2) is 0 Å². The van der Waals surface area contributed by atoms with Crippen molar-refractivity contribution in [3.63, 3.8) is 0 Å². The summed E-state index contributed by atoms with van der Waals surface area (Å²) in [4.78, 5) is 6.86. The Hall–Kier alpha value is -2.06. The summed E-state index contributed by atoms with van der Waals surface area (Å²) in [5.74, 6) is 0. The maximum atomic E-state index is 11.5. The number of H-pyrrole nitrogens is 1. The van der Waals surface area contributed by atoms with Crippen LogP contribution in [0.4, 0.5) is 11.4 Å². The molecule has 6 N–H and O–H groups in total. The fraction of sp³-hybridized carbons (Fsp3) is 0.182. The number of benzene rings is 1. The monoisotopic (exact) mass is 281 g/mol. The summed E-state index contributed by atoms with van der Waals surface area (Å²) in [5, 5.41) is 8.18. The zero-order valence-corrected chi connectivity index (χ0v) is 10.9. The number of aromatic amines is 1. The van der Waals surface area contributed by atoms with E-state index < -0.39 is 10.0 Å². The van der Waals surface area contributed by atoms with Crippen LogP contribution in [0.15, 0.2) is 35.6 Å². The Morgan fingerprint density at radius 2 is 2.16 bits per heavy atom. The van der Waals surface area contributed by atoms with Crippen LogP contribution >= 0.6 is 0 Å². The van der Waals surface area contributed by atoms with Gasteiger partial charge < -0.3 is 16.0 Å². The third-order valence-electron chi connectivity index (χ3n) is 2.58. The van der Waals surface area contributed by atoms with Gasteiger partial charge in [-0.15, -0.1) is 0 Å². The van der Waals surface area contributed by atoms with Crippen molar-refractivity contribution in [1.82, 2.24) is 9.97 Å². The van der Waals surface area contributed by atoms with Crippen LogP contribution in [0.25, 0.3) is 0 Å². The molecule has 0 amide bonds. The minimum atomic E-state index is -3.80. The summed E-state index contributed by atoms with van der Waals surface area (Å²) in [6.45, 7) is 0.550. The van der Waals surface area contributed by atoms with Crippen LogP contribution < -0.4 is 16.2 Å². The number of nitrogens with zero attached hydrogens (tertiary/aromatic N) is 1. The molecule has 0 spiro atoms. The van der Waals surface area contributed by atoms with Crippen molar-refractivity contribution in [2.75, 3.05) is 17.6 Å². The van der Waals surface area contributed by atoms with Crippen molar-refractivity contribution < 1.29 is 8.42 Å². The van der Waals surface area contributed by atoms with E-state index in [1.165, 1.54) is 6.07 Å². The second-order valence-electron chi connectivity index (χ2n) is 4.05. The van der Waals surface area contributed by atoms with Gasteiger partial charge in [-0.2, -0.15) is 0 Å². The Labute approximate surface area is 111 Å². The van der Waals surface area contributed by atoms with Gasteiger partial charge in [0.25, 0.3) is 0 Å². The molecule has 0 saturated carbocycles. The number of rotatable bonds is 5. The number of nitrogens with one attached hydrogen (secondary N) is 2. The van der Waals surface area contributed by atoms with Gasteiger partial charge in [-0.1, -0.05) is 0 Å². The summed E-state index contributed by atoms with van der Waals surface area (Å²) in [6, 6.07) is 4.56. The number of hydrogen-bond acceptors (Lipinski definition) is 5. The van der Waals surface area contributed by atoms with Crippen LogP contribution in [0.3, 0.4) is 0 Å². The van der Waals surface area contributed by atoms with Gasteiger partial charge in [-0.25, -0.2) is 18.5 Å². The van der Waals surface area contributed by atoms with E-state index >= 15 is 0 Å². The van der Waals surface area contributed by atoms with Crippen molar-refractivity contribution in [3.8, 4) is 0 Å². The van der Waals surface area contributed by atoms with Gasteiger partial charge in [0.1, 0.15) is 4.90 Å². The number of hydrogen-bond donors (Lipinski definition) is 4. The molecule has 0 aliphatic carbocycles. The molecule has 0 atom stereocenters. The van der Waals surface area contributed by atoms with Crippen molar-refractivity contribution in [2.24, 2.45) is 5.14 Å². The van der Waals surface area contributed by atoms with Gasteiger partial charge in [-0.3, -0.25) is 0 Å². The number of anilines is 2. The summed E-state index contributed by atoms with van der Waals surface area (Å²) in [6.07, 6.45) is 3.99. The van der Waals surface area contributed by atoms with Gasteiger partial charge in [-0.05, 0) is 18.2 Å².